The van der Waals surface area contributed by atoms with Crippen LogP contribution in [0.25, 0.3) is 0 Å². The average Bonchev–Trinajstić information content (AvgIpc) is 3.01. The van der Waals surface area contributed by atoms with E-state index in [9.17, 15) is 22.4 Å². The number of nitrogens with zero attached hydrogens (tertiary/aromatic N) is 1. The van der Waals surface area contributed by atoms with Gasteiger partial charge in [0.25, 0.3) is 10.0 Å². The molecule has 2 amide bonds. The van der Waals surface area contributed by atoms with Crippen molar-refractivity contribution in [2.75, 3.05) is 5.32 Å². The Hall–Kier alpha value is -2.74. The number of benzene rings is 2. The molecule has 1 unspecified atom stereocenters. The summed E-state index contributed by atoms with van der Waals surface area (Å²) in [6.07, 6.45) is 0.0430. The summed E-state index contributed by atoms with van der Waals surface area (Å²) in [6, 6.07) is 8.35. The van der Waals surface area contributed by atoms with Gasteiger partial charge in [-0.1, -0.05) is 6.07 Å². The number of hydrogen-bond acceptors (Lipinski definition) is 4. The van der Waals surface area contributed by atoms with Crippen LogP contribution in [0.1, 0.15) is 24.0 Å². The summed E-state index contributed by atoms with van der Waals surface area (Å²) < 4.78 is 39.4. The first-order valence-electron chi connectivity index (χ1n) is 8.41. The van der Waals surface area contributed by atoms with Crippen molar-refractivity contribution in [1.29, 1.82) is 0 Å². The maximum Gasteiger partial charge on any atom is 0.267 e. The molecule has 0 radical (unpaired) electrons. The largest absolute Gasteiger partial charge is 0.324 e. The fourth-order valence-electron chi connectivity index (χ4n) is 2.97. The Morgan fingerprint density at radius 3 is 2.41 bits per heavy atom. The minimum atomic E-state index is -4.25. The number of hydrogen-bond donors (Lipinski definition) is 1. The molecular weight excluding hydrogens is 371 g/mol. The molecule has 6 nitrogen and oxygen atoms in total. The van der Waals surface area contributed by atoms with Gasteiger partial charge in [0.2, 0.25) is 11.8 Å². The average molecular weight is 390 g/mol. The van der Waals surface area contributed by atoms with E-state index < -0.39 is 33.7 Å². The molecule has 0 spiro atoms. The highest BCUT2D eigenvalue weighted by atomic mass is 32.2. The number of amides is 2. The van der Waals surface area contributed by atoms with E-state index in [1.807, 2.05) is 19.9 Å². The Labute approximate surface area is 157 Å². The van der Waals surface area contributed by atoms with Crippen molar-refractivity contribution in [2.24, 2.45) is 0 Å². The third kappa shape index (κ3) is 3.71. The molecular formula is C19H19FN2O4S. The molecule has 1 aliphatic rings. The highest BCUT2D eigenvalue weighted by Crippen LogP contribution is 2.28. The van der Waals surface area contributed by atoms with Crippen molar-refractivity contribution in [3.05, 3.63) is 59.4 Å². The number of carbonyl (C=O) groups is 2. The minimum absolute atomic E-state index is 0.0502. The van der Waals surface area contributed by atoms with Gasteiger partial charge in [-0.25, -0.2) is 17.1 Å². The lowest BCUT2D eigenvalue weighted by molar-refractivity contribution is -0.128. The lowest BCUT2D eigenvalue weighted by Gasteiger charge is -2.23. The monoisotopic (exact) mass is 390 g/mol. The standard InChI is InChI=1S/C19H19FN2O4S/c1-12-3-6-15(11-13(12)2)21-19(24)17-9-10-18(23)22(17)27(25,26)16-7-4-14(20)5-8-16/h3-8,11,17H,9-10H2,1-2H3,(H,21,24). The molecule has 1 N–H and O–H groups in total. The van der Waals surface area contributed by atoms with Crippen molar-refractivity contribution < 1.29 is 22.4 Å². The first-order valence-corrected chi connectivity index (χ1v) is 9.85. The Morgan fingerprint density at radius 1 is 1.11 bits per heavy atom. The van der Waals surface area contributed by atoms with Gasteiger partial charge in [-0.2, -0.15) is 0 Å². The van der Waals surface area contributed by atoms with E-state index in [1.165, 1.54) is 0 Å². The summed E-state index contributed by atoms with van der Waals surface area (Å²) in [7, 11) is -4.25. The van der Waals surface area contributed by atoms with Gasteiger partial charge in [0.05, 0.1) is 4.90 Å². The Kier molecular flexibility index (Phi) is 5.01. The molecule has 3 rings (SSSR count). The fourth-order valence-corrected chi connectivity index (χ4v) is 4.57. The normalized spacial score (nSPS) is 17.2. The van der Waals surface area contributed by atoms with Gasteiger partial charge < -0.3 is 5.32 Å². The summed E-state index contributed by atoms with van der Waals surface area (Å²) >= 11 is 0. The van der Waals surface area contributed by atoms with Gasteiger partial charge >= 0.3 is 0 Å². The number of aryl methyl sites for hydroxylation is 2. The Balaban J connectivity index is 1.88. The second-order valence-electron chi connectivity index (χ2n) is 6.49. The van der Waals surface area contributed by atoms with Gasteiger partial charge in [0.15, 0.2) is 0 Å². The van der Waals surface area contributed by atoms with Crippen LogP contribution in [-0.4, -0.2) is 30.6 Å². The zero-order valence-corrected chi connectivity index (χ0v) is 15.7. The van der Waals surface area contributed by atoms with E-state index in [-0.39, 0.29) is 17.7 Å². The van der Waals surface area contributed by atoms with Gasteiger partial charge in [0, 0.05) is 12.1 Å². The molecule has 0 bridgehead atoms. The topological polar surface area (TPSA) is 83.6 Å². The summed E-state index contributed by atoms with van der Waals surface area (Å²) in [6.45, 7) is 3.84. The van der Waals surface area contributed by atoms with E-state index in [0.717, 1.165) is 35.4 Å². The number of nitrogens with one attached hydrogen (secondary N) is 1. The second-order valence-corrected chi connectivity index (χ2v) is 8.31. The predicted molar refractivity (Wildman–Crippen MR) is 98.0 cm³/mol. The molecule has 1 fully saturated rings. The highest BCUT2D eigenvalue weighted by Gasteiger charge is 2.44. The molecule has 2 aromatic rings. The molecule has 2 aromatic carbocycles. The maximum absolute atomic E-state index is 13.1. The fraction of sp³-hybridized carbons (Fsp3) is 0.263. The second kappa shape index (κ2) is 7.11. The molecule has 0 saturated carbocycles. The van der Waals surface area contributed by atoms with Crippen LogP contribution >= 0.6 is 0 Å². The summed E-state index contributed by atoms with van der Waals surface area (Å²) in [5, 5.41) is 2.68. The van der Waals surface area contributed by atoms with Crippen LogP contribution in [0.15, 0.2) is 47.4 Å². The van der Waals surface area contributed by atoms with Gasteiger partial charge in [-0.05, 0) is 67.8 Å². The predicted octanol–water partition coefficient (Wildman–Crippen LogP) is 2.76. The lowest BCUT2D eigenvalue weighted by atomic mass is 10.1. The quantitative estimate of drug-likeness (QED) is 0.870. The third-order valence-electron chi connectivity index (χ3n) is 4.61. The van der Waals surface area contributed by atoms with Crippen molar-refractivity contribution in [1.82, 2.24) is 4.31 Å². The zero-order chi connectivity index (χ0) is 19.8. The first-order chi connectivity index (χ1) is 12.7. The molecule has 1 atom stereocenters. The Morgan fingerprint density at radius 2 is 1.78 bits per heavy atom. The van der Waals surface area contributed by atoms with Gasteiger partial charge in [0.1, 0.15) is 11.9 Å². The van der Waals surface area contributed by atoms with E-state index in [2.05, 4.69) is 5.32 Å². The van der Waals surface area contributed by atoms with Gasteiger partial charge in [-0.3, -0.25) is 9.59 Å². The summed E-state index contributed by atoms with van der Waals surface area (Å²) in [4.78, 5) is 24.7. The van der Waals surface area contributed by atoms with Crippen molar-refractivity contribution in [2.45, 2.75) is 37.6 Å². The van der Waals surface area contributed by atoms with E-state index in [0.29, 0.717) is 9.99 Å². The molecule has 0 aromatic heterocycles. The van der Waals surface area contributed by atoms with Crippen LogP contribution in [0.4, 0.5) is 10.1 Å². The van der Waals surface area contributed by atoms with Gasteiger partial charge in [-0.15, -0.1) is 0 Å². The zero-order valence-electron chi connectivity index (χ0n) is 14.9. The van der Waals surface area contributed by atoms with Crippen LogP contribution in [0, 0.1) is 19.7 Å². The van der Waals surface area contributed by atoms with E-state index >= 15 is 0 Å². The molecule has 27 heavy (non-hydrogen) atoms. The number of rotatable bonds is 4. The van der Waals surface area contributed by atoms with E-state index in [4.69, 9.17) is 0 Å². The minimum Gasteiger partial charge on any atom is -0.324 e. The lowest BCUT2D eigenvalue weighted by Crippen LogP contribution is -2.45. The molecule has 0 aliphatic carbocycles. The Bertz CT molecular complexity index is 1000. The number of halogens is 1. The summed E-state index contributed by atoms with van der Waals surface area (Å²) in [5.74, 6) is -1.82. The number of carbonyl (C=O) groups excluding carboxylic acids is 2. The van der Waals surface area contributed by atoms with Crippen LogP contribution in [0.5, 0.6) is 0 Å². The highest BCUT2D eigenvalue weighted by molar-refractivity contribution is 7.89. The summed E-state index contributed by atoms with van der Waals surface area (Å²) in [5.41, 5.74) is 2.57. The number of sulfonamides is 1. The van der Waals surface area contributed by atoms with Crippen LogP contribution in [0.2, 0.25) is 0 Å². The van der Waals surface area contributed by atoms with Crippen LogP contribution in [0.3, 0.4) is 0 Å². The maximum atomic E-state index is 13.1. The van der Waals surface area contributed by atoms with Crippen LogP contribution < -0.4 is 5.32 Å². The smallest absolute Gasteiger partial charge is 0.267 e. The number of anilines is 1. The van der Waals surface area contributed by atoms with Crippen molar-refractivity contribution in [3.63, 3.8) is 0 Å². The third-order valence-corrected chi connectivity index (χ3v) is 6.45. The van der Waals surface area contributed by atoms with Crippen LogP contribution in [-0.2, 0) is 19.6 Å². The molecule has 8 heteroatoms. The van der Waals surface area contributed by atoms with E-state index in [1.54, 1.807) is 12.1 Å². The van der Waals surface area contributed by atoms with Crippen molar-refractivity contribution >= 4 is 27.5 Å². The molecule has 1 aliphatic heterocycles. The molecule has 1 heterocycles. The molecule has 142 valence electrons. The van der Waals surface area contributed by atoms with Crippen molar-refractivity contribution in [3.8, 4) is 0 Å². The first kappa shape index (κ1) is 19.0. The molecule has 1 saturated heterocycles. The SMILES string of the molecule is Cc1ccc(NC(=O)C2CCC(=O)N2S(=O)(=O)c2ccc(F)cc2)cc1C.